The minimum absolute atomic E-state index is 0.0740. The molecule has 1 heterocycles. The Morgan fingerprint density at radius 2 is 2.04 bits per heavy atom. The zero-order chi connectivity index (χ0) is 19.9. The Balaban J connectivity index is 2.72. The molecular weight excluding hydrogens is 354 g/mol. The Bertz CT molecular complexity index is 551. The smallest absolute Gasteiger partial charge is 0.457 e. The molecule has 0 N–H and O–H groups in total. The van der Waals surface area contributed by atoms with Gasteiger partial charge >= 0.3 is 12.1 Å². The third-order valence-electron chi connectivity index (χ3n) is 3.48. The largest absolute Gasteiger partial charge is 0.509 e. The van der Waals surface area contributed by atoms with E-state index in [0.29, 0.717) is 6.54 Å². The first-order valence-electron chi connectivity index (χ1n) is 8.77. The summed E-state index contributed by atoms with van der Waals surface area (Å²) in [4.78, 5) is 25.8. The van der Waals surface area contributed by atoms with Gasteiger partial charge in [0, 0.05) is 30.1 Å². The molecule has 0 aromatic rings. The second-order valence-electron chi connectivity index (χ2n) is 7.53. The van der Waals surface area contributed by atoms with Crippen molar-refractivity contribution in [3.8, 4) is 0 Å². The second kappa shape index (κ2) is 9.90. The molecule has 0 amide bonds. The zero-order valence-corrected chi connectivity index (χ0v) is 17.5. The molecule has 1 fully saturated rings. The molecule has 26 heavy (non-hydrogen) atoms. The van der Waals surface area contributed by atoms with E-state index < -0.39 is 11.8 Å². The van der Waals surface area contributed by atoms with E-state index in [1.54, 1.807) is 19.9 Å². The summed E-state index contributed by atoms with van der Waals surface area (Å²) in [7, 11) is 0. The number of ether oxygens (including phenoxy) is 3. The Kier molecular flexibility index (Phi) is 8.53. The van der Waals surface area contributed by atoms with Crippen molar-refractivity contribution in [3.63, 3.8) is 0 Å². The van der Waals surface area contributed by atoms with Crippen LogP contribution in [0.25, 0.3) is 0 Å². The summed E-state index contributed by atoms with van der Waals surface area (Å²) in [5.74, 6) is -0.184. The molecule has 0 spiro atoms. The molecule has 0 bridgehead atoms. The fourth-order valence-electron chi connectivity index (χ4n) is 2.39. The van der Waals surface area contributed by atoms with E-state index in [4.69, 9.17) is 14.2 Å². The quantitative estimate of drug-likeness (QED) is 0.387. The summed E-state index contributed by atoms with van der Waals surface area (Å²) in [6.45, 7) is 16.4. The first-order chi connectivity index (χ1) is 12.0. The van der Waals surface area contributed by atoms with E-state index in [0.717, 1.165) is 24.2 Å². The number of esters is 1. The zero-order valence-electron chi connectivity index (χ0n) is 16.7. The van der Waals surface area contributed by atoms with Crippen molar-refractivity contribution in [1.82, 2.24) is 4.90 Å². The van der Waals surface area contributed by atoms with Crippen molar-refractivity contribution in [3.05, 3.63) is 23.9 Å². The normalized spacial score (nSPS) is 19.4. The molecule has 0 radical (unpaired) electrons. The highest BCUT2D eigenvalue weighted by atomic mass is 32.2. The average Bonchev–Trinajstić information content (AvgIpc) is 2.45. The Morgan fingerprint density at radius 1 is 1.38 bits per heavy atom. The Morgan fingerprint density at radius 3 is 2.58 bits per heavy atom. The molecule has 0 aliphatic carbocycles. The lowest BCUT2D eigenvalue weighted by Gasteiger charge is -2.35. The number of nitrogens with zero attached hydrogens (tertiary/aromatic N) is 1. The van der Waals surface area contributed by atoms with Crippen molar-refractivity contribution < 1.29 is 23.8 Å². The number of thioether (sulfide) groups is 1. The topological polar surface area (TPSA) is 65.1 Å². The molecule has 1 rings (SSSR count). The predicted molar refractivity (Wildman–Crippen MR) is 104 cm³/mol. The third-order valence-corrected chi connectivity index (χ3v) is 4.67. The summed E-state index contributed by atoms with van der Waals surface area (Å²) < 4.78 is 15.4. The highest BCUT2D eigenvalue weighted by Gasteiger charge is 2.26. The number of likely N-dealkylation sites (tertiary alicyclic amines) is 1. The van der Waals surface area contributed by atoms with Gasteiger partial charge in [0.2, 0.25) is 0 Å². The molecule has 1 aliphatic rings. The van der Waals surface area contributed by atoms with Crippen molar-refractivity contribution in [2.45, 2.75) is 64.9 Å². The van der Waals surface area contributed by atoms with Crippen LogP contribution >= 0.6 is 11.8 Å². The van der Waals surface area contributed by atoms with Crippen LogP contribution in [0, 0.1) is 0 Å². The lowest BCUT2D eigenvalue weighted by atomic mass is 10.0. The maximum atomic E-state index is 12.2. The number of hydrogen-bond acceptors (Lipinski definition) is 7. The van der Waals surface area contributed by atoms with Crippen molar-refractivity contribution in [1.29, 1.82) is 0 Å². The van der Waals surface area contributed by atoms with Crippen LogP contribution in [-0.4, -0.2) is 53.0 Å². The lowest BCUT2D eigenvalue weighted by Crippen LogP contribution is -2.36. The van der Waals surface area contributed by atoms with E-state index in [9.17, 15) is 9.59 Å². The van der Waals surface area contributed by atoms with Crippen molar-refractivity contribution >= 4 is 23.9 Å². The van der Waals surface area contributed by atoms with Gasteiger partial charge in [-0.1, -0.05) is 6.58 Å². The monoisotopic (exact) mass is 385 g/mol. The van der Waals surface area contributed by atoms with Gasteiger partial charge < -0.3 is 19.1 Å². The second-order valence-corrected chi connectivity index (χ2v) is 8.67. The number of allylic oxidation sites excluding steroid dienone is 1. The van der Waals surface area contributed by atoms with Crippen LogP contribution in [0.5, 0.6) is 0 Å². The third kappa shape index (κ3) is 8.65. The van der Waals surface area contributed by atoms with E-state index in [1.807, 2.05) is 27.7 Å². The summed E-state index contributed by atoms with van der Waals surface area (Å²) in [6, 6.07) is 0. The van der Waals surface area contributed by atoms with Gasteiger partial charge in [-0.2, -0.15) is 0 Å². The first-order valence-corrected chi connectivity index (χ1v) is 9.81. The molecule has 1 saturated heterocycles. The number of carbonyl (C=O) groups is 2. The molecule has 1 aliphatic heterocycles. The SMILES string of the molecule is C=C(C)N1CCC(SCOC(=O)OC(C)C)/C(=C/C(=O)OC(C)(C)C)C1. The van der Waals surface area contributed by atoms with Gasteiger partial charge in [0.25, 0.3) is 0 Å². The van der Waals surface area contributed by atoms with Crippen LogP contribution in [-0.2, 0) is 19.0 Å². The van der Waals surface area contributed by atoms with Crippen LogP contribution in [0.3, 0.4) is 0 Å². The molecule has 0 aromatic carbocycles. The highest BCUT2D eigenvalue weighted by molar-refractivity contribution is 7.99. The summed E-state index contributed by atoms with van der Waals surface area (Å²) >= 11 is 1.48. The van der Waals surface area contributed by atoms with Crippen LogP contribution in [0.2, 0.25) is 0 Å². The van der Waals surface area contributed by atoms with Gasteiger partial charge in [0.1, 0.15) is 11.5 Å². The molecule has 1 atom stereocenters. The molecule has 148 valence electrons. The van der Waals surface area contributed by atoms with Gasteiger partial charge in [-0.25, -0.2) is 9.59 Å². The maximum Gasteiger partial charge on any atom is 0.509 e. The molecular formula is C19H31NO5S. The van der Waals surface area contributed by atoms with Crippen LogP contribution < -0.4 is 0 Å². The predicted octanol–water partition coefficient (Wildman–Crippen LogP) is 4.11. The Hall–Kier alpha value is -1.63. The average molecular weight is 386 g/mol. The van der Waals surface area contributed by atoms with Gasteiger partial charge in [-0.15, -0.1) is 11.8 Å². The molecule has 7 heteroatoms. The Labute approximate surface area is 160 Å². The summed E-state index contributed by atoms with van der Waals surface area (Å²) in [5.41, 5.74) is 1.36. The molecule has 0 aromatic heterocycles. The van der Waals surface area contributed by atoms with Gasteiger partial charge in [-0.05, 0) is 53.5 Å². The fraction of sp³-hybridized carbons (Fsp3) is 0.684. The van der Waals surface area contributed by atoms with Crippen LogP contribution in [0.1, 0.15) is 48.0 Å². The maximum absolute atomic E-state index is 12.2. The van der Waals surface area contributed by atoms with Crippen molar-refractivity contribution in [2.75, 3.05) is 19.0 Å². The minimum atomic E-state index is -0.676. The lowest BCUT2D eigenvalue weighted by molar-refractivity contribution is -0.148. The molecule has 6 nitrogen and oxygen atoms in total. The van der Waals surface area contributed by atoms with E-state index in [2.05, 4.69) is 11.5 Å². The van der Waals surface area contributed by atoms with Gasteiger partial charge in [0.15, 0.2) is 0 Å². The number of hydrogen-bond donors (Lipinski definition) is 0. The van der Waals surface area contributed by atoms with E-state index in [1.165, 1.54) is 11.8 Å². The van der Waals surface area contributed by atoms with E-state index in [-0.39, 0.29) is 23.3 Å². The highest BCUT2D eigenvalue weighted by Crippen LogP contribution is 2.30. The van der Waals surface area contributed by atoms with Gasteiger partial charge in [0.05, 0.1) is 6.10 Å². The minimum Gasteiger partial charge on any atom is -0.457 e. The number of piperidine rings is 1. The number of rotatable bonds is 6. The number of carbonyl (C=O) groups excluding carboxylic acids is 2. The van der Waals surface area contributed by atoms with E-state index >= 15 is 0 Å². The van der Waals surface area contributed by atoms with Crippen molar-refractivity contribution in [2.24, 2.45) is 0 Å². The van der Waals surface area contributed by atoms with Crippen LogP contribution in [0.15, 0.2) is 23.9 Å². The summed E-state index contributed by atoms with van der Waals surface area (Å²) in [6.07, 6.45) is 1.50. The van der Waals surface area contributed by atoms with Gasteiger partial charge in [-0.3, -0.25) is 0 Å². The summed E-state index contributed by atoms with van der Waals surface area (Å²) in [5, 5.41) is 0.0740. The van der Waals surface area contributed by atoms with Crippen LogP contribution in [0.4, 0.5) is 4.79 Å². The fourth-order valence-corrected chi connectivity index (χ4v) is 3.35. The molecule has 1 unspecified atom stereocenters. The first kappa shape index (κ1) is 22.4. The molecule has 0 saturated carbocycles. The standard InChI is InChI=1S/C19H31NO5S/c1-13(2)20-9-8-16(26-12-23-18(22)24-14(3)4)15(11-20)10-17(21)25-19(5,6)7/h10,14,16H,1,8-9,11-12H2,2-7H3/b15-10+.